The van der Waals surface area contributed by atoms with Crippen molar-refractivity contribution in [2.24, 2.45) is 0 Å². The predicted octanol–water partition coefficient (Wildman–Crippen LogP) is 19.8. The van der Waals surface area contributed by atoms with Gasteiger partial charge in [0.15, 0.2) is 28.9 Å². The van der Waals surface area contributed by atoms with Crippen molar-refractivity contribution in [1.29, 1.82) is 0 Å². The van der Waals surface area contributed by atoms with Gasteiger partial charge >= 0.3 is 0 Å². The minimum atomic E-state index is -0.801. The van der Waals surface area contributed by atoms with Crippen LogP contribution in [0.3, 0.4) is 0 Å². The Morgan fingerprint density at radius 3 is 1.61 bits per heavy atom. The van der Waals surface area contributed by atoms with Gasteiger partial charge in [-0.1, -0.05) is 218 Å². The summed E-state index contributed by atoms with van der Waals surface area (Å²) in [6.07, 6.45) is 0. The largest absolute Gasteiger partial charge is 0.452 e. The van der Waals surface area contributed by atoms with E-state index in [9.17, 15) is 0 Å². The molecule has 410 valence electrons. The Morgan fingerprint density at radius 2 is 0.852 bits per heavy atom. The van der Waals surface area contributed by atoms with Crippen LogP contribution in [-0.4, -0.2) is 29.5 Å². The Morgan fingerprint density at radius 1 is 0.307 bits per heavy atom. The fourth-order valence-corrected chi connectivity index (χ4v) is 14.1. The molecular formula is C80H49N7O. The summed E-state index contributed by atoms with van der Waals surface area (Å²) in [7, 11) is 0. The highest BCUT2D eigenvalue weighted by Gasteiger charge is 2.52. The zero-order valence-corrected chi connectivity index (χ0v) is 47.3. The topological polar surface area (TPSA) is 85.8 Å². The Kier molecular flexibility index (Phi) is 11.0. The average molecular weight is 1120 g/mol. The molecule has 0 saturated carbocycles. The molecule has 16 aromatic rings. The standard InChI is InChI=1S/C80H49N7O/c1-5-23-50(24-6-1)52-27-21-28-54(47-52)78-83-76(51-25-7-2-8-26-51)84-79(85-78)60-35-22-38-66-72(60)62-49-55(43-45-63(62)80(66)64-36-15-18-40-69(64)87(57-31-11-4-12-32-57)70-41-19-16-37-65(70)80)77-81-73(75-74(82-77)59-34-14-20-42-71(59)88-75)53-44-46-68-61(48-53)58-33-13-17-39-67(58)86(68)56-29-9-3-10-30-56/h1-49H. The van der Waals surface area contributed by atoms with E-state index in [1.165, 1.54) is 0 Å². The number of nitrogens with zero attached hydrogens (tertiary/aromatic N) is 7. The summed E-state index contributed by atoms with van der Waals surface area (Å²) in [5.41, 5.74) is 22.0. The summed E-state index contributed by atoms with van der Waals surface area (Å²) < 4.78 is 9.17. The molecule has 0 unspecified atom stereocenters. The predicted molar refractivity (Wildman–Crippen MR) is 355 cm³/mol. The van der Waals surface area contributed by atoms with E-state index in [0.29, 0.717) is 34.6 Å². The van der Waals surface area contributed by atoms with E-state index in [4.69, 9.17) is 29.3 Å². The Balaban J connectivity index is 0.900. The molecule has 8 heteroatoms. The monoisotopic (exact) mass is 1120 g/mol. The smallest absolute Gasteiger partial charge is 0.180 e. The molecule has 0 radical (unpaired) electrons. The highest BCUT2D eigenvalue weighted by Crippen LogP contribution is 2.65. The summed E-state index contributed by atoms with van der Waals surface area (Å²) in [5.74, 6) is 2.31. The third kappa shape index (κ3) is 7.49. The summed E-state index contributed by atoms with van der Waals surface area (Å²) in [4.78, 5) is 29.9. The van der Waals surface area contributed by atoms with Crippen LogP contribution in [0, 0.1) is 0 Å². The normalized spacial score (nSPS) is 12.8. The molecule has 0 atom stereocenters. The van der Waals surface area contributed by atoms with Crippen LogP contribution in [0.1, 0.15) is 22.3 Å². The van der Waals surface area contributed by atoms with E-state index < -0.39 is 5.41 Å². The van der Waals surface area contributed by atoms with Gasteiger partial charge in [0.05, 0.1) is 27.8 Å². The third-order valence-corrected chi connectivity index (χ3v) is 17.8. The average Bonchev–Trinajstić information content (AvgIpc) is 1.50. The van der Waals surface area contributed by atoms with Gasteiger partial charge in [0.2, 0.25) is 0 Å². The molecule has 8 nitrogen and oxygen atoms in total. The van der Waals surface area contributed by atoms with Crippen molar-refractivity contribution in [2.75, 3.05) is 4.90 Å². The van der Waals surface area contributed by atoms with Gasteiger partial charge in [-0.3, -0.25) is 0 Å². The van der Waals surface area contributed by atoms with Gasteiger partial charge in [0, 0.05) is 55.4 Å². The minimum Gasteiger partial charge on any atom is -0.452 e. The molecule has 0 N–H and O–H groups in total. The molecule has 5 heterocycles. The molecule has 18 rings (SSSR count). The maximum absolute atomic E-state index is 6.83. The number of hydrogen-bond acceptors (Lipinski definition) is 7. The number of para-hydroxylation sites is 6. The first kappa shape index (κ1) is 49.5. The second-order valence-corrected chi connectivity index (χ2v) is 22.7. The van der Waals surface area contributed by atoms with Crippen LogP contribution in [0.25, 0.3) is 129 Å². The Bertz CT molecular complexity index is 5420. The molecular weight excluding hydrogens is 1070 g/mol. The van der Waals surface area contributed by atoms with E-state index in [2.05, 4.69) is 264 Å². The van der Waals surface area contributed by atoms with Gasteiger partial charge in [0.25, 0.3) is 0 Å². The van der Waals surface area contributed by atoms with Crippen molar-refractivity contribution < 1.29 is 4.42 Å². The second kappa shape index (κ2) is 19.6. The zero-order chi connectivity index (χ0) is 57.9. The van der Waals surface area contributed by atoms with Crippen LogP contribution in [0.4, 0.5) is 17.1 Å². The number of rotatable bonds is 8. The van der Waals surface area contributed by atoms with E-state index in [-0.39, 0.29) is 0 Å². The maximum Gasteiger partial charge on any atom is 0.180 e. The molecule has 2 aliphatic rings. The molecule has 1 aliphatic heterocycles. The lowest BCUT2D eigenvalue weighted by atomic mass is 9.64. The summed E-state index contributed by atoms with van der Waals surface area (Å²) in [6, 6.07) is 105. The first-order chi connectivity index (χ1) is 43.6. The van der Waals surface area contributed by atoms with E-state index in [0.717, 1.165) is 133 Å². The van der Waals surface area contributed by atoms with Crippen molar-refractivity contribution >= 4 is 60.9 Å². The number of aromatic nitrogens is 6. The minimum absolute atomic E-state index is 0.566. The molecule has 1 spiro atoms. The SMILES string of the molecule is c1ccc(-c2cccc(-c3nc(-c4ccccc4)nc(-c4cccc5c4-c4cc(-c6nc(-c7ccc8c(c7)c7ccccc7n8-c7ccccc7)c7oc8ccccc8c7n6)ccc4C54c5ccccc5N(c5ccccc5)c5ccccc54)n3)c2)cc1. The zero-order valence-electron chi connectivity index (χ0n) is 47.3. The van der Waals surface area contributed by atoms with Gasteiger partial charge in [0.1, 0.15) is 16.8 Å². The third-order valence-electron chi connectivity index (χ3n) is 17.8. The molecule has 0 amide bonds. The van der Waals surface area contributed by atoms with Gasteiger partial charge in [-0.15, -0.1) is 0 Å². The molecule has 88 heavy (non-hydrogen) atoms. The maximum atomic E-state index is 6.83. The van der Waals surface area contributed by atoms with E-state index >= 15 is 0 Å². The van der Waals surface area contributed by atoms with Crippen LogP contribution in [-0.2, 0) is 5.41 Å². The highest BCUT2D eigenvalue weighted by atomic mass is 16.3. The summed E-state index contributed by atoms with van der Waals surface area (Å²) in [5, 5.41) is 3.19. The first-order valence-electron chi connectivity index (χ1n) is 29.7. The molecule has 0 saturated heterocycles. The first-order valence-corrected chi connectivity index (χ1v) is 29.7. The van der Waals surface area contributed by atoms with Crippen LogP contribution in [0.15, 0.2) is 302 Å². The lowest BCUT2D eigenvalue weighted by Crippen LogP contribution is -2.36. The molecule has 4 aromatic heterocycles. The Labute approximate surface area is 506 Å². The summed E-state index contributed by atoms with van der Waals surface area (Å²) in [6.45, 7) is 0. The molecule has 12 aromatic carbocycles. The molecule has 1 aliphatic carbocycles. The van der Waals surface area contributed by atoms with Crippen LogP contribution >= 0.6 is 0 Å². The van der Waals surface area contributed by atoms with Gasteiger partial charge < -0.3 is 13.9 Å². The van der Waals surface area contributed by atoms with Crippen molar-refractivity contribution in [2.45, 2.75) is 5.41 Å². The lowest BCUT2D eigenvalue weighted by Gasteiger charge is -2.45. The van der Waals surface area contributed by atoms with Crippen LogP contribution in [0.2, 0.25) is 0 Å². The van der Waals surface area contributed by atoms with Crippen molar-refractivity contribution in [3.05, 3.63) is 320 Å². The number of anilines is 3. The molecule has 0 bridgehead atoms. The number of benzene rings is 12. The quantitative estimate of drug-likeness (QED) is 0.150. The van der Waals surface area contributed by atoms with E-state index in [1.807, 2.05) is 42.5 Å². The number of furan rings is 1. The number of fused-ring (bicyclic) bond motifs is 15. The number of hydrogen-bond donors (Lipinski definition) is 0. The van der Waals surface area contributed by atoms with Gasteiger partial charge in [-0.25, -0.2) is 24.9 Å². The van der Waals surface area contributed by atoms with Gasteiger partial charge in [-0.05, 0) is 123 Å². The highest BCUT2D eigenvalue weighted by molar-refractivity contribution is 6.12. The van der Waals surface area contributed by atoms with Crippen molar-refractivity contribution in [3.8, 4) is 84.7 Å². The van der Waals surface area contributed by atoms with Crippen molar-refractivity contribution in [1.82, 2.24) is 29.5 Å². The van der Waals surface area contributed by atoms with Crippen LogP contribution < -0.4 is 4.90 Å². The fraction of sp³-hybridized carbons (Fsp3) is 0.0125. The lowest BCUT2D eigenvalue weighted by molar-refractivity contribution is 0.667. The Hall–Kier alpha value is -11.9. The summed E-state index contributed by atoms with van der Waals surface area (Å²) >= 11 is 0. The molecule has 0 fully saturated rings. The van der Waals surface area contributed by atoms with Crippen molar-refractivity contribution in [3.63, 3.8) is 0 Å². The van der Waals surface area contributed by atoms with Gasteiger partial charge in [-0.2, -0.15) is 0 Å². The van der Waals surface area contributed by atoms with E-state index in [1.54, 1.807) is 0 Å². The fourth-order valence-electron chi connectivity index (χ4n) is 14.1. The van der Waals surface area contributed by atoms with Crippen LogP contribution in [0.5, 0.6) is 0 Å². The second-order valence-electron chi connectivity index (χ2n) is 22.7.